The molecule has 0 saturated carbocycles. The molecule has 0 fully saturated rings. The number of aryl methyl sites for hydroxylation is 1. The van der Waals surface area contributed by atoms with Crippen molar-refractivity contribution >= 4 is 6.08 Å². The van der Waals surface area contributed by atoms with Crippen LogP contribution in [0, 0.1) is 12.8 Å². The normalized spacial score (nSPS) is 12.2. The van der Waals surface area contributed by atoms with Crippen molar-refractivity contribution in [2.24, 2.45) is 5.92 Å². The molecule has 0 aromatic carbocycles. The molecule has 0 bridgehead atoms. The summed E-state index contributed by atoms with van der Waals surface area (Å²) in [5.41, 5.74) is 3.67. The highest BCUT2D eigenvalue weighted by Crippen LogP contribution is 2.13. The number of nitrogens with zero attached hydrogens (tertiary/aromatic N) is 1. The van der Waals surface area contributed by atoms with Crippen LogP contribution < -0.4 is 5.32 Å². The van der Waals surface area contributed by atoms with Crippen LogP contribution in [0.5, 0.6) is 0 Å². The summed E-state index contributed by atoms with van der Waals surface area (Å²) in [4.78, 5) is 4.42. The molecule has 1 aromatic heterocycles. The van der Waals surface area contributed by atoms with E-state index in [1.165, 1.54) is 17.6 Å². The highest BCUT2D eigenvalue weighted by Gasteiger charge is 2.03. The third-order valence-corrected chi connectivity index (χ3v) is 2.77. The molecule has 94 valence electrons. The number of hydrogen-bond donors (Lipinski definition) is 1. The van der Waals surface area contributed by atoms with E-state index in [9.17, 15) is 0 Å². The second-order valence-corrected chi connectivity index (χ2v) is 4.81. The minimum absolute atomic E-state index is 0.558. The van der Waals surface area contributed by atoms with Gasteiger partial charge in [-0.2, -0.15) is 0 Å². The van der Waals surface area contributed by atoms with Crippen LogP contribution >= 0.6 is 0 Å². The average Bonchev–Trinajstić information content (AvgIpc) is 2.30. The van der Waals surface area contributed by atoms with E-state index in [1.54, 1.807) is 0 Å². The Morgan fingerprint density at radius 1 is 1.41 bits per heavy atom. The maximum Gasteiger partial charge on any atom is 0.0629 e. The molecular weight excluding hydrogens is 208 g/mol. The van der Waals surface area contributed by atoms with Gasteiger partial charge in [-0.1, -0.05) is 32.4 Å². The van der Waals surface area contributed by atoms with Crippen molar-refractivity contribution in [2.75, 3.05) is 13.1 Å². The fourth-order valence-electron chi connectivity index (χ4n) is 1.59. The largest absolute Gasteiger partial charge is 0.313 e. The molecule has 17 heavy (non-hydrogen) atoms. The monoisotopic (exact) mass is 232 g/mol. The lowest BCUT2D eigenvalue weighted by molar-refractivity contribution is 0.656. The number of nitrogens with one attached hydrogen (secondary N) is 1. The minimum Gasteiger partial charge on any atom is -0.313 e. The standard InChI is InChI=1S/C15H24N2/c1-5-8-16-11-14(12(2)3)9-15-7-6-13(4)10-17-15/h6-7,9-10,12,16H,5,8,11H2,1-4H3/b14-9-. The van der Waals surface area contributed by atoms with Crippen molar-refractivity contribution in [1.82, 2.24) is 10.3 Å². The first kappa shape index (κ1) is 13.9. The fraction of sp³-hybridized carbons (Fsp3) is 0.533. The van der Waals surface area contributed by atoms with Gasteiger partial charge in [-0.3, -0.25) is 4.98 Å². The van der Waals surface area contributed by atoms with Gasteiger partial charge >= 0.3 is 0 Å². The smallest absolute Gasteiger partial charge is 0.0629 e. The van der Waals surface area contributed by atoms with E-state index in [1.807, 2.05) is 6.20 Å². The molecular formula is C15H24N2. The van der Waals surface area contributed by atoms with Crippen molar-refractivity contribution in [3.05, 3.63) is 35.2 Å². The molecule has 1 heterocycles. The third kappa shape index (κ3) is 5.14. The zero-order chi connectivity index (χ0) is 12.7. The van der Waals surface area contributed by atoms with Gasteiger partial charge in [-0.15, -0.1) is 0 Å². The summed E-state index contributed by atoms with van der Waals surface area (Å²) in [6.07, 6.45) is 5.30. The predicted octanol–water partition coefficient (Wildman–Crippen LogP) is 3.43. The number of pyridine rings is 1. The summed E-state index contributed by atoms with van der Waals surface area (Å²) in [6, 6.07) is 4.19. The number of hydrogen-bond acceptors (Lipinski definition) is 2. The van der Waals surface area contributed by atoms with Crippen LogP contribution in [0.25, 0.3) is 6.08 Å². The van der Waals surface area contributed by atoms with E-state index < -0.39 is 0 Å². The molecule has 0 aliphatic heterocycles. The van der Waals surface area contributed by atoms with E-state index in [4.69, 9.17) is 0 Å². The van der Waals surface area contributed by atoms with E-state index in [0.717, 1.165) is 18.8 Å². The number of aromatic nitrogens is 1. The van der Waals surface area contributed by atoms with Crippen LogP contribution in [0.1, 0.15) is 38.4 Å². The Kier molecular flexibility index (Phi) is 5.92. The van der Waals surface area contributed by atoms with Gasteiger partial charge in [-0.05, 0) is 43.5 Å². The zero-order valence-electron chi connectivity index (χ0n) is 11.5. The Labute approximate surface area is 105 Å². The lowest BCUT2D eigenvalue weighted by atomic mass is 10.0. The van der Waals surface area contributed by atoms with Gasteiger partial charge < -0.3 is 5.32 Å². The van der Waals surface area contributed by atoms with Crippen molar-refractivity contribution in [3.8, 4) is 0 Å². The molecule has 1 N–H and O–H groups in total. The second-order valence-electron chi connectivity index (χ2n) is 4.81. The molecule has 1 aromatic rings. The van der Waals surface area contributed by atoms with Crippen molar-refractivity contribution in [1.29, 1.82) is 0 Å². The van der Waals surface area contributed by atoms with Gasteiger partial charge in [0.2, 0.25) is 0 Å². The van der Waals surface area contributed by atoms with Crippen LogP contribution in [0.4, 0.5) is 0 Å². The van der Waals surface area contributed by atoms with E-state index in [2.05, 4.69) is 56.2 Å². The first-order chi connectivity index (χ1) is 8.13. The summed E-state index contributed by atoms with van der Waals surface area (Å²) < 4.78 is 0. The first-order valence-corrected chi connectivity index (χ1v) is 6.47. The topological polar surface area (TPSA) is 24.9 Å². The summed E-state index contributed by atoms with van der Waals surface area (Å²) >= 11 is 0. The van der Waals surface area contributed by atoms with Gasteiger partial charge in [0.15, 0.2) is 0 Å². The quantitative estimate of drug-likeness (QED) is 0.760. The molecule has 0 aliphatic carbocycles. The molecule has 0 unspecified atom stereocenters. The van der Waals surface area contributed by atoms with Crippen LogP contribution in [0.3, 0.4) is 0 Å². The summed E-state index contributed by atoms with van der Waals surface area (Å²) in [5.74, 6) is 0.558. The Balaban J connectivity index is 2.71. The van der Waals surface area contributed by atoms with Crippen molar-refractivity contribution in [2.45, 2.75) is 34.1 Å². The lowest BCUT2D eigenvalue weighted by Gasteiger charge is -2.12. The Morgan fingerprint density at radius 3 is 2.71 bits per heavy atom. The van der Waals surface area contributed by atoms with Gasteiger partial charge in [0, 0.05) is 12.7 Å². The highest BCUT2D eigenvalue weighted by molar-refractivity contribution is 5.50. The van der Waals surface area contributed by atoms with Crippen molar-refractivity contribution in [3.63, 3.8) is 0 Å². The molecule has 0 amide bonds. The third-order valence-electron chi connectivity index (χ3n) is 2.77. The molecule has 2 nitrogen and oxygen atoms in total. The summed E-state index contributed by atoms with van der Waals surface area (Å²) in [6.45, 7) is 10.7. The van der Waals surface area contributed by atoms with Crippen molar-refractivity contribution < 1.29 is 0 Å². The van der Waals surface area contributed by atoms with Gasteiger partial charge in [0.25, 0.3) is 0 Å². The van der Waals surface area contributed by atoms with Crippen LogP contribution in [-0.2, 0) is 0 Å². The first-order valence-electron chi connectivity index (χ1n) is 6.47. The fourth-order valence-corrected chi connectivity index (χ4v) is 1.59. The minimum atomic E-state index is 0.558. The van der Waals surface area contributed by atoms with E-state index >= 15 is 0 Å². The molecule has 1 rings (SSSR count). The SMILES string of the molecule is CCCNC/C(=C/c1ccc(C)cn1)C(C)C. The second kappa shape index (κ2) is 7.23. The Hall–Kier alpha value is -1.15. The lowest BCUT2D eigenvalue weighted by Crippen LogP contribution is -2.20. The Morgan fingerprint density at radius 2 is 2.18 bits per heavy atom. The molecule has 0 atom stereocenters. The summed E-state index contributed by atoms with van der Waals surface area (Å²) in [7, 11) is 0. The van der Waals surface area contributed by atoms with Crippen LogP contribution in [0.15, 0.2) is 23.9 Å². The molecule has 0 radical (unpaired) electrons. The summed E-state index contributed by atoms with van der Waals surface area (Å²) in [5, 5.41) is 3.45. The highest BCUT2D eigenvalue weighted by atomic mass is 14.8. The predicted molar refractivity (Wildman–Crippen MR) is 74.9 cm³/mol. The van der Waals surface area contributed by atoms with Crippen LogP contribution in [0.2, 0.25) is 0 Å². The van der Waals surface area contributed by atoms with Crippen LogP contribution in [-0.4, -0.2) is 18.1 Å². The molecule has 0 spiro atoms. The maximum atomic E-state index is 4.42. The van der Waals surface area contributed by atoms with Gasteiger partial charge in [-0.25, -0.2) is 0 Å². The maximum absolute atomic E-state index is 4.42. The molecule has 2 heteroatoms. The number of rotatable bonds is 6. The Bertz CT molecular complexity index is 350. The average molecular weight is 232 g/mol. The zero-order valence-corrected chi connectivity index (χ0v) is 11.5. The van der Waals surface area contributed by atoms with E-state index in [0.29, 0.717) is 5.92 Å². The van der Waals surface area contributed by atoms with Gasteiger partial charge in [0.1, 0.15) is 0 Å². The molecule has 0 aliphatic rings. The van der Waals surface area contributed by atoms with E-state index in [-0.39, 0.29) is 0 Å². The van der Waals surface area contributed by atoms with Gasteiger partial charge in [0.05, 0.1) is 5.69 Å². The molecule has 0 saturated heterocycles.